The Kier molecular flexibility index (Phi) is 7.29. The Morgan fingerprint density at radius 2 is 1.71 bits per heavy atom. The molecule has 0 spiro atoms. The summed E-state index contributed by atoms with van der Waals surface area (Å²) < 4.78 is 37.5. The quantitative estimate of drug-likeness (QED) is 0.500. The average molecular weight is 500 g/mol. The third-order valence-electron chi connectivity index (χ3n) is 5.58. The predicted molar refractivity (Wildman–Crippen MR) is 125 cm³/mol. The molecule has 0 radical (unpaired) electrons. The minimum atomic E-state index is -3.66. The topological polar surface area (TPSA) is 130 Å². The number of carbonyl (C=O) groups excluding carboxylic acids is 1. The van der Waals surface area contributed by atoms with Crippen molar-refractivity contribution >= 4 is 21.9 Å². The molecular weight excluding hydrogens is 474 g/mol. The molecule has 184 valence electrons. The summed E-state index contributed by atoms with van der Waals surface area (Å²) in [7, 11) is -3.66. The number of amides is 1. The second-order valence-electron chi connectivity index (χ2n) is 8.16. The van der Waals surface area contributed by atoms with Crippen molar-refractivity contribution in [2.75, 3.05) is 32.8 Å². The summed E-state index contributed by atoms with van der Waals surface area (Å²) in [6, 6.07) is 15.0. The highest BCUT2D eigenvalue weighted by atomic mass is 32.2. The van der Waals surface area contributed by atoms with Crippen molar-refractivity contribution in [2.24, 2.45) is 0 Å². The predicted octanol–water partition coefficient (Wildman–Crippen LogP) is 2.40. The minimum absolute atomic E-state index is 0.0201. The summed E-state index contributed by atoms with van der Waals surface area (Å²) >= 11 is 0. The number of hydrogen-bond acceptors (Lipinski definition) is 7. The van der Waals surface area contributed by atoms with Gasteiger partial charge in [-0.05, 0) is 24.6 Å². The third-order valence-corrected chi connectivity index (χ3v) is 7.50. The van der Waals surface area contributed by atoms with Crippen molar-refractivity contribution < 1.29 is 32.4 Å². The van der Waals surface area contributed by atoms with Crippen molar-refractivity contribution in [3.8, 4) is 11.3 Å². The van der Waals surface area contributed by atoms with E-state index in [2.05, 4.69) is 5.16 Å². The maximum Gasteiger partial charge on any atom is 0.323 e. The number of carboxylic acids is 1. The molecule has 4 rings (SSSR count). The van der Waals surface area contributed by atoms with Gasteiger partial charge < -0.3 is 19.3 Å². The number of aliphatic carboxylic acids is 1. The Balaban J connectivity index is 1.50. The van der Waals surface area contributed by atoms with Crippen LogP contribution >= 0.6 is 0 Å². The first-order valence-electron chi connectivity index (χ1n) is 11.0. The zero-order chi connectivity index (χ0) is 25.0. The number of aromatic nitrogens is 1. The normalized spacial score (nSPS) is 14.5. The third kappa shape index (κ3) is 5.76. The second-order valence-corrected chi connectivity index (χ2v) is 10.1. The largest absolute Gasteiger partial charge is 0.480 e. The highest BCUT2D eigenvalue weighted by Crippen LogP contribution is 2.22. The molecule has 1 aliphatic heterocycles. The maximum atomic E-state index is 13.0. The van der Waals surface area contributed by atoms with Crippen LogP contribution in [0.4, 0.5) is 0 Å². The van der Waals surface area contributed by atoms with Gasteiger partial charge in [0, 0.05) is 31.3 Å². The zero-order valence-electron chi connectivity index (χ0n) is 19.1. The minimum Gasteiger partial charge on any atom is -0.480 e. The lowest BCUT2D eigenvalue weighted by Gasteiger charge is -2.26. The molecule has 0 bridgehead atoms. The van der Waals surface area contributed by atoms with E-state index in [1.807, 2.05) is 31.2 Å². The van der Waals surface area contributed by atoms with Crippen LogP contribution in [-0.4, -0.2) is 72.6 Å². The van der Waals surface area contributed by atoms with Crippen LogP contribution in [0.15, 0.2) is 64.0 Å². The fourth-order valence-electron chi connectivity index (χ4n) is 3.68. The van der Waals surface area contributed by atoms with Gasteiger partial charge in [0.15, 0.2) is 11.5 Å². The second kappa shape index (κ2) is 10.4. The fourth-order valence-corrected chi connectivity index (χ4v) is 5.09. The lowest BCUT2D eigenvalue weighted by Crippen LogP contribution is -2.40. The number of benzene rings is 2. The Hall–Kier alpha value is -3.54. The van der Waals surface area contributed by atoms with Crippen LogP contribution in [-0.2, 0) is 26.1 Å². The first-order valence-corrected chi connectivity index (χ1v) is 12.4. The summed E-state index contributed by atoms with van der Waals surface area (Å²) in [4.78, 5) is 25.7. The van der Waals surface area contributed by atoms with Crippen LogP contribution in [0.25, 0.3) is 11.3 Å². The molecule has 0 unspecified atom stereocenters. The van der Waals surface area contributed by atoms with E-state index < -0.39 is 28.4 Å². The molecule has 1 amide bonds. The molecule has 2 heterocycles. The van der Waals surface area contributed by atoms with E-state index in [0.29, 0.717) is 24.5 Å². The molecule has 0 saturated carbocycles. The molecule has 1 aromatic heterocycles. The van der Waals surface area contributed by atoms with E-state index in [-0.39, 0.29) is 30.2 Å². The number of aryl methyl sites for hydroxylation is 1. The summed E-state index contributed by atoms with van der Waals surface area (Å²) in [5.41, 5.74) is 2.36. The number of hydrogen-bond donors (Lipinski definition) is 1. The molecular formula is C24H25N3O7S. The SMILES string of the molecule is Cc1ccc(-c2cc(C(=O)N(CC(=O)O)Cc3ccc(S(=O)(=O)N4CCOCC4)cc3)no2)cc1. The molecule has 1 saturated heterocycles. The van der Waals surface area contributed by atoms with Gasteiger partial charge in [0.2, 0.25) is 10.0 Å². The van der Waals surface area contributed by atoms with Crippen molar-refractivity contribution in [1.82, 2.24) is 14.4 Å². The molecule has 35 heavy (non-hydrogen) atoms. The van der Waals surface area contributed by atoms with Crippen molar-refractivity contribution in [3.63, 3.8) is 0 Å². The molecule has 0 aliphatic carbocycles. The standard InChI is InChI=1S/C24H25N3O7S/c1-17-2-6-19(7-3-17)22-14-21(25-34-22)24(30)26(16-23(28)29)15-18-4-8-20(9-5-18)35(31,32)27-10-12-33-13-11-27/h2-9,14H,10-13,15-16H2,1H3,(H,28,29). The van der Waals surface area contributed by atoms with Crippen LogP contribution in [0.3, 0.4) is 0 Å². The van der Waals surface area contributed by atoms with Crippen LogP contribution in [0.2, 0.25) is 0 Å². The lowest BCUT2D eigenvalue weighted by atomic mass is 10.1. The van der Waals surface area contributed by atoms with Crippen LogP contribution in [0.1, 0.15) is 21.6 Å². The summed E-state index contributed by atoms with van der Waals surface area (Å²) in [6.45, 7) is 2.61. The van der Waals surface area contributed by atoms with E-state index in [9.17, 15) is 23.1 Å². The number of carbonyl (C=O) groups is 2. The van der Waals surface area contributed by atoms with Crippen molar-refractivity contribution in [2.45, 2.75) is 18.4 Å². The Bertz CT molecular complexity index is 1300. The number of morpholine rings is 1. The highest BCUT2D eigenvalue weighted by molar-refractivity contribution is 7.89. The molecule has 1 fully saturated rings. The molecule has 0 atom stereocenters. The van der Waals surface area contributed by atoms with Gasteiger partial charge in [-0.15, -0.1) is 0 Å². The molecule has 2 aromatic carbocycles. The van der Waals surface area contributed by atoms with E-state index in [0.717, 1.165) is 16.0 Å². The molecule has 3 aromatic rings. The molecule has 1 N–H and O–H groups in total. The molecule has 1 aliphatic rings. The van der Waals surface area contributed by atoms with Crippen molar-refractivity contribution in [3.05, 3.63) is 71.4 Å². The monoisotopic (exact) mass is 499 g/mol. The maximum absolute atomic E-state index is 13.0. The first-order chi connectivity index (χ1) is 16.7. The van der Waals surface area contributed by atoms with Crippen molar-refractivity contribution in [1.29, 1.82) is 0 Å². The lowest BCUT2D eigenvalue weighted by molar-refractivity contribution is -0.137. The van der Waals surface area contributed by atoms with E-state index in [4.69, 9.17) is 9.26 Å². The number of sulfonamides is 1. The van der Waals surface area contributed by atoms with E-state index in [1.165, 1.54) is 22.5 Å². The van der Waals surface area contributed by atoms with Crippen LogP contribution in [0.5, 0.6) is 0 Å². The van der Waals surface area contributed by atoms with E-state index in [1.54, 1.807) is 12.1 Å². The van der Waals surface area contributed by atoms with Gasteiger partial charge in [-0.1, -0.05) is 47.1 Å². The van der Waals surface area contributed by atoms with Gasteiger partial charge in [0.25, 0.3) is 5.91 Å². The first kappa shape index (κ1) is 24.6. The molecule has 10 nitrogen and oxygen atoms in total. The van der Waals surface area contributed by atoms with Gasteiger partial charge in [-0.2, -0.15) is 4.31 Å². The summed E-state index contributed by atoms with van der Waals surface area (Å²) in [5.74, 6) is -1.41. The van der Waals surface area contributed by atoms with Crippen LogP contribution in [0, 0.1) is 6.92 Å². The van der Waals surface area contributed by atoms with Gasteiger partial charge in [0.1, 0.15) is 6.54 Å². The number of ether oxygens (including phenoxy) is 1. The van der Waals surface area contributed by atoms with Gasteiger partial charge in [0.05, 0.1) is 18.1 Å². The Morgan fingerprint density at radius 1 is 1.06 bits per heavy atom. The smallest absolute Gasteiger partial charge is 0.323 e. The molecule has 11 heteroatoms. The summed E-state index contributed by atoms with van der Waals surface area (Å²) in [5, 5.41) is 13.2. The van der Waals surface area contributed by atoms with Gasteiger partial charge in [-0.3, -0.25) is 9.59 Å². The Morgan fingerprint density at radius 3 is 2.34 bits per heavy atom. The van der Waals surface area contributed by atoms with E-state index >= 15 is 0 Å². The number of carboxylic acid groups (broad SMARTS) is 1. The number of nitrogens with zero attached hydrogens (tertiary/aromatic N) is 3. The van der Waals surface area contributed by atoms with Gasteiger partial charge in [-0.25, -0.2) is 8.42 Å². The average Bonchev–Trinajstić information content (AvgIpc) is 3.34. The highest BCUT2D eigenvalue weighted by Gasteiger charge is 2.27. The Labute approximate surface area is 202 Å². The zero-order valence-corrected chi connectivity index (χ0v) is 19.9. The number of rotatable bonds is 8. The van der Waals surface area contributed by atoms with Gasteiger partial charge >= 0.3 is 5.97 Å². The fraction of sp³-hybridized carbons (Fsp3) is 0.292. The summed E-state index contributed by atoms with van der Waals surface area (Å²) in [6.07, 6.45) is 0. The van der Waals surface area contributed by atoms with Crippen LogP contribution < -0.4 is 0 Å².